The van der Waals surface area contributed by atoms with Gasteiger partial charge in [-0.2, -0.15) is 0 Å². The largest absolute Gasteiger partial charge is 0.633 e. The summed E-state index contributed by atoms with van der Waals surface area (Å²) in [7, 11) is -1.61. The molecule has 0 aliphatic heterocycles. The lowest BCUT2D eigenvalue weighted by atomic mass is 9.70. The lowest BCUT2D eigenvalue weighted by Crippen LogP contribution is -2.31. The summed E-state index contributed by atoms with van der Waals surface area (Å²) in [4.78, 5) is 0. The third kappa shape index (κ3) is 2.38. The van der Waals surface area contributed by atoms with Crippen molar-refractivity contribution < 1.29 is 14.7 Å². The Bertz CT molecular complexity index is 217. The molecule has 2 N–H and O–H groups in total. The molecular formula is C10H17BO3. The molecule has 0 aromatic heterocycles. The van der Waals surface area contributed by atoms with Crippen LogP contribution in [0.4, 0.5) is 0 Å². The molecule has 3 atom stereocenters. The maximum Gasteiger partial charge on any atom is 0.633 e. The van der Waals surface area contributed by atoms with Crippen molar-refractivity contribution in [3.8, 4) is 0 Å². The van der Waals surface area contributed by atoms with E-state index in [1.807, 2.05) is 0 Å². The van der Waals surface area contributed by atoms with E-state index in [0.717, 1.165) is 12.3 Å². The third-order valence-electron chi connectivity index (χ3n) is 3.47. The summed E-state index contributed by atoms with van der Waals surface area (Å²) >= 11 is 0. The second-order valence-electron chi connectivity index (χ2n) is 4.43. The highest BCUT2D eigenvalue weighted by Crippen LogP contribution is 2.39. The average Bonchev–Trinajstić information content (AvgIpc) is 2.17. The lowest BCUT2D eigenvalue weighted by Gasteiger charge is -2.36. The second-order valence-corrected chi connectivity index (χ2v) is 4.43. The molecule has 3 nitrogen and oxygen atoms in total. The molecule has 0 amide bonds. The van der Waals surface area contributed by atoms with E-state index in [1.165, 1.54) is 19.3 Å². The molecule has 0 saturated heterocycles. The topological polar surface area (TPSA) is 49.7 Å². The first-order valence-electron chi connectivity index (χ1n) is 5.40. The van der Waals surface area contributed by atoms with Gasteiger partial charge in [0.2, 0.25) is 0 Å². The van der Waals surface area contributed by atoms with E-state index in [2.05, 4.69) is 12.2 Å². The Hall–Kier alpha value is -0.315. The predicted molar refractivity (Wildman–Crippen MR) is 54.2 cm³/mol. The van der Waals surface area contributed by atoms with Gasteiger partial charge in [-0.3, -0.25) is 0 Å². The smallest absolute Gasteiger partial charge is 0.402 e. The average molecular weight is 196 g/mol. The molecule has 2 aliphatic carbocycles. The predicted octanol–water partition coefficient (Wildman–Crippen LogP) is 0.965. The highest BCUT2D eigenvalue weighted by Gasteiger charge is 2.31. The van der Waals surface area contributed by atoms with Gasteiger partial charge < -0.3 is 14.7 Å². The summed E-state index contributed by atoms with van der Waals surface area (Å²) < 4.78 is 4.85. The Morgan fingerprint density at radius 3 is 3.00 bits per heavy atom. The number of fused-ring (bicyclic) bond motifs is 2. The monoisotopic (exact) mass is 196 g/mol. The summed E-state index contributed by atoms with van der Waals surface area (Å²) in [6.45, 7) is 0.472. The SMILES string of the molecule is OB(O)OCC1CCC2CC=CC1C2. The first kappa shape index (κ1) is 10.2. The Balaban J connectivity index is 1.86. The molecule has 2 aliphatic rings. The van der Waals surface area contributed by atoms with Gasteiger partial charge in [0.05, 0.1) is 0 Å². The van der Waals surface area contributed by atoms with Gasteiger partial charge in [0.1, 0.15) is 0 Å². The summed E-state index contributed by atoms with van der Waals surface area (Å²) in [5.74, 6) is 1.94. The normalized spacial score (nSPS) is 35.7. The fourth-order valence-electron chi connectivity index (χ4n) is 2.67. The minimum Gasteiger partial charge on any atom is -0.402 e. The summed E-state index contributed by atoms with van der Waals surface area (Å²) in [5, 5.41) is 17.2. The van der Waals surface area contributed by atoms with Crippen molar-refractivity contribution in [2.75, 3.05) is 6.61 Å². The summed E-state index contributed by atoms with van der Waals surface area (Å²) in [6, 6.07) is 0. The Morgan fingerprint density at radius 1 is 1.36 bits per heavy atom. The van der Waals surface area contributed by atoms with E-state index in [-0.39, 0.29) is 0 Å². The van der Waals surface area contributed by atoms with Crippen LogP contribution in [0.1, 0.15) is 25.7 Å². The molecule has 0 radical (unpaired) electrons. The van der Waals surface area contributed by atoms with E-state index in [0.29, 0.717) is 18.4 Å². The minimum atomic E-state index is -1.61. The van der Waals surface area contributed by atoms with Crippen molar-refractivity contribution in [3.05, 3.63) is 12.2 Å². The molecule has 2 bridgehead atoms. The van der Waals surface area contributed by atoms with E-state index in [1.54, 1.807) is 0 Å². The molecule has 2 rings (SSSR count). The molecule has 1 saturated carbocycles. The quantitative estimate of drug-likeness (QED) is 0.522. The van der Waals surface area contributed by atoms with Crippen LogP contribution in [0, 0.1) is 17.8 Å². The first-order valence-corrected chi connectivity index (χ1v) is 5.40. The van der Waals surface area contributed by atoms with E-state index in [9.17, 15) is 0 Å². The molecule has 1 fully saturated rings. The van der Waals surface area contributed by atoms with Crippen molar-refractivity contribution in [3.63, 3.8) is 0 Å². The first-order chi connectivity index (χ1) is 6.75. The van der Waals surface area contributed by atoms with Crippen molar-refractivity contribution in [2.45, 2.75) is 25.7 Å². The number of hydrogen-bond acceptors (Lipinski definition) is 3. The van der Waals surface area contributed by atoms with Crippen molar-refractivity contribution >= 4 is 7.32 Å². The highest BCUT2D eigenvalue weighted by atomic mass is 16.6. The van der Waals surface area contributed by atoms with Crippen LogP contribution in [0.25, 0.3) is 0 Å². The van der Waals surface area contributed by atoms with Crippen LogP contribution in [0.3, 0.4) is 0 Å². The van der Waals surface area contributed by atoms with E-state index >= 15 is 0 Å². The summed E-state index contributed by atoms with van der Waals surface area (Å²) in [5.41, 5.74) is 0. The number of hydrogen-bond donors (Lipinski definition) is 2. The molecule has 0 aromatic carbocycles. The van der Waals surface area contributed by atoms with Gasteiger partial charge in [-0.1, -0.05) is 12.2 Å². The van der Waals surface area contributed by atoms with Crippen LogP contribution in [0.2, 0.25) is 0 Å². The van der Waals surface area contributed by atoms with E-state index < -0.39 is 7.32 Å². The van der Waals surface area contributed by atoms with Gasteiger partial charge in [0.15, 0.2) is 0 Å². The second kappa shape index (κ2) is 4.47. The lowest BCUT2D eigenvalue weighted by molar-refractivity contribution is 0.101. The van der Waals surface area contributed by atoms with E-state index in [4.69, 9.17) is 14.7 Å². The Kier molecular flexibility index (Phi) is 3.26. The zero-order valence-electron chi connectivity index (χ0n) is 8.30. The maximum absolute atomic E-state index is 8.62. The molecular weight excluding hydrogens is 179 g/mol. The molecule has 14 heavy (non-hydrogen) atoms. The van der Waals surface area contributed by atoms with Gasteiger partial charge >= 0.3 is 7.32 Å². The van der Waals surface area contributed by atoms with Gasteiger partial charge in [-0.25, -0.2) is 0 Å². The van der Waals surface area contributed by atoms with Crippen LogP contribution >= 0.6 is 0 Å². The van der Waals surface area contributed by atoms with Gasteiger partial charge in [0.25, 0.3) is 0 Å². The Labute approximate surface area is 85.0 Å². The standard InChI is InChI=1S/C10H17BO3/c12-11(13)14-7-10-5-4-8-2-1-3-9(10)6-8/h1,3,8-10,12-13H,2,4-7H2. The van der Waals surface area contributed by atoms with Crippen LogP contribution in [0.5, 0.6) is 0 Å². The van der Waals surface area contributed by atoms with Gasteiger partial charge in [-0.15, -0.1) is 0 Å². The zero-order chi connectivity index (χ0) is 9.97. The van der Waals surface area contributed by atoms with Crippen LogP contribution in [-0.2, 0) is 4.65 Å². The Morgan fingerprint density at radius 2 is 2.21 bits per heavy atom. The molecule has 0 spiro atoms. The molecule has 78 valence electrons. The molecule has 0 heterocycles. The maximum atomic E-state index is 8.62. The molecule has 0 aromatic rings. The van der Waals surface area contributed by atoms with Crippen LogP contribution in [0.15, 0.2) is 12.2 Å². The molecule has 3 unspecified atom stereocenters. The van der Waals surface area contributed by atoms with Gasteiger partial charge in [0, 0.05) is 6.61 Å². The zero-order valence-corrected chi connectivity index (χ0v) is 8.30. The van der Waals surface area contributed by atoms with Gasteiger partial charge in [-0.05, 0) is 43.4 Å². The van der Waals surface area contributed by atoms with Crippen molar-refractivity contribution in [1.82, 2.24) is 0 Å². The fourth-order valence-corrected chi connectivity index (χ4v) is 2.67. The molecule has 4 heteroatoms. The highest BCUT2D eigenvalue weighted by molar-refractivity contribution is 6.32. The number of rotatable bonds is 3. The third-order valence-corrected chi connectivity index (χ3v) is 3.47. The minimum absolute atomic E-state index is 0.472. The summed E-state index contributed by atoms with van der Waals surface area (Å²) in [6.07, 6.45) is 9.44. The van der Waals surface area contributed by atoms with Crippen molar-refractivity contribution in [1.29, 1.82) is 0 Å². The fraction of sp³-hybridized carbons (Fsp3) is 0.800. The van der Waals surface area contributed by atoms with Crippen LogP contribution in [-0.4, -0.2) is 24.0 Å². The number of allylic oxidation sites excluding steroid dienone is 2. The van der Waals surface area contributed by atoms with Crippen molar-refractivity contribution in [2.24, 2.45) is 17.8 Å². The van der Waals surface area contributed by atoms with Crippen LogP contribution < -0.4 is 0 Å².